The van der Waals surface area contributed by atoms with Crippen LogP contribution in [0.2, 0.25) is 0 Å². The normalized spacial score (nSPS) is 12.2. The fraction of sp³-hybridized carbons (Fsp3) is 0.455. The van der Waals surface area contributed by atoms with Crippen molar-refractivity contribution < 1.29 is 4.79 Å². The van der Waals surface area contributed by atoms with Gasteiger partial charge in [-0.15, -0.1) is 0 Å². The summed E-state index contributed by atoms with van der Waals surface area (Å²) in [7, 11) is 0. The average molecular weight is 271 g/mol. The molecule has 3 nitrogen and oxygen atoms in total. The molecule has 0 aromatic carbocycles. The van der Waals surface area contributed by atoms with Crippen LogP contribution in [-0.4, -0.2) is 10.9 Å². The number of hydrogen-bond donors (Lipinski definition) is 1. The predicted octanol–water partition coefficient (Wildman–Crippen LogP) is 3.22. The number of carbonyl (C=O) groups is 1. The molecule has 1 aromatic rings. The van der Waals surface area contributed by atoms with E-state index in [1.807, 2.05) is 19.1 Å². The molecule has 4 heteroatoms. The zero-order valence-corrected chi connectivity index (χ0v) is 10.5. The fourth-order valence-corrected chi connectivity index (χ4v) is 1.64. The summed E-state index contributed by atoms with van der Waals surface area (Å²) in [5, 5.41) is 2.80. The highest BCUT2D eigenvalue weighted by atomic mass is 79.9. The summed E-state index contributed by atoms with van der Waals surface area (Å²) >= 11 is 3.34. The predicted molar refractivity (Wildman–Crippen MR) is 64.6 cm³/mol. The number of pyridine rings is 1. The Morgan fingerprint density at radius 3 is 3.00 bits per heavy atom. The Morgan fingerprint density at radius 2 is 2.40 bits per heavy atom. The quantitative estimate of drug-likeness (QED) is 0.913. The minimum Gasteiger partial charge on any atom is -0.310 e. The van der Waals surface area contributed by atoms with Gasteiger partial charge in [-0.25, -0.2) is 4.98 Å². The molecule has 1 atom stereocenters. The molecule has 0 spiro atoms. The highest BCUT2D eigenvalue weighted by Crippen LogP contribution is 2.19. The van der Waals surface area contributed by atoms with Crippen LogP contribution in [0.3, 0.4) is 0 Å². The summed E-state index contributed by atoms with van der Waals surface area (Å²) in [6.45, 7) is 4.00. The van der Waals surface area contributed by atoms with Crippen molar-refractivity contribution in [1.29, 1.82) is 0 Å². The Labute approximate surface area is 98.4 Å². The van der Waals surface area contributed by atoms with Crippen molar-refractivity contribution in [3.8, 4) is 0 Å². The lowest BCUT2D eigenvalue weighted by atomic mass is 10.1. The van der Waals surface area contributed by atoms with Crippen molar-refractivity contribution in [3.63, 3.8) is 0 Å². The Kier molecular flexibility index (Phi) is 4.75. The van der Waals surface area contributed by atoms with Crippen LogP contribution in [0.15, 0.2) is 22.8 Å². The molecular weight excluding hydrogens is 256 g/mol. The van der Waals surface area contributed by atoms with Gasteiger partial charge in [0.05, 0.1) is 4.47 Å². The van der Waals surface area contributed by atoms with E-state index in [4.69, 9.17) is 0 Å². The summed E-state index contributed by atoms with van der Waals surface area (Å²) in [6, 6.07) is 3.67. The van der Waals surface area contributed by atoms with Gasteiger partial charge in [0.15, 0.2) is 0 Å². The highest BCUT2D eigenvalue weighted by molar-refractivity contribution is 9.10. The molecule has 0 radical (unpaired) electrons. The van der Waals surface area contributed by atoms with Crippen LogP contribution in [0.1, 0.15) is 26.7 Å². The molecule has 0 aliphatic rings. The maximum atomic E-state index is 11.7. The van der Waals surface area contributed by atoms with E-state index >= 15 is 0 Å². The number of halogens is 1. The second kappa shape index (κ2) is 5.85. The van der Waals surface area contributed by atoms with Crippen molar-refractivity contribution in [2.75, 3.05) is 5.32 Å². The number of aromatic nitrogens is 1. The SMILES string of the molecule is CCCC(C)C(=O)Nc1ncccc1Br. The number of anilines is 1. The van der Waals surface area contributed by atoms with Gasteiger partial charge in [0.2, 0.25) is 5.91 Å². The maximum Gasteiger partial charge on any atom is 0.228 e. The van der Waals surface area contributed by atoms with Gasteiger partial charge >= 0.3 is 0 Å². The first-order chi connectivity index (χ1) is 7.15. The lowest BCUT2D eigenvalue weighted by Crippen LogP contribution is -2.21. The zero-order valence-electron chi connectivity index (χ0n) is 8.96. The highest BCUT2D eigenvalue weighted by Gasteiger charge is 2.13. The Hall–Kier alpha value is -0.900. The lowest BCUT2D eigenvalue weighted by molar-refractivity contribution is -0.119. The average Bonchev–Trinajstić information content (AvgIpc) is 2.21. The van der Waals surface area contributed by atoms with Crippen molar-refractivity contribution in [2.24, 2.45) is 5.92 Å². The first kappa shape index (κ1) is 12.2. The second-order valence-electron chi connectivity index (χ2n) is 3.51. The molecule has 0 saturated carbocycles. The molecule has 15 heavy (non-hydrogen) atoms. The zero-order chi connectivity index (χ0) is 11.3. The van der Waals surface area contributed by atoms with E-state index in [2.05, 4.69) is 33.2 Å². The molecular formula is C11H15BrN2O. The smallest absolute Gasteiger partial charge is 0.228 e. The Balaban J connectivity index is 2.62. The van der Waals surface area contributed by atoms with Gasteiger partial charge in [-0.1, -0.05) is 20.3 Å². The number of carbonyl (C=O) groups excluding carboxylic acids is 1. The van der Waals surface area contributed by atoms with Crippen molar-refractivity contribution in [3.05, 3.63) is 22.8 Å². The number of rotatable bonds is 4. The Bertz CT molecular complexity index is 341. The van der Waals surface area contributed by atoms with E-state index < -0.39 is 0 Å². The molecule has 0 aliphatic carbocycles. The largest absolute Gasteiger partial charge is 0.310 e. The molecule has 1 heterocycles. The van der Waals surface area contributed by atoms with E-state index in [-0.39, 0.29) is 11.8 Å². The van der Waals surface area contributed by atoms with Gasteiger partial charge in [-0.3, -0.25) is 4.79 Å². The summed E-state index contributed by atoms with van der Waals surface area (Å²) in [4.78, 5) is 15.8. The van der Waals surface area contributed by atoms with Gasteiger partial charge in [0.1, 0.15) is 5.82 Å². The van der Waals surface area contributed by atoms with Crippen LogP contribution in [0, 0.1) is 5.92 Å². The monoisotopic (exact) mass is 270 g/mol. The molecule has 0 bridgehead atoms. The van der Waals surface area contributed by atoms with E-state index in [1.165, 1.54) is 0 Å². The van der Waals surface area contributed by atoms with Crippen LogP contribution in [-0.2, 0) is 4.79 Å². The molecule has 1 aromatic heterocycles. The van der Waals surface area contributed by atoms with E-state index in [0.717, 1.165) is 17.3 Å². The van der Waals surface area contributed by atoms with Crippen LogP contribution >= 0.6 is 15.9 Å². The minimum absolute atomic E-state index is 0.0243. The molecule has 0 aliphatic heterocycles. The maximum absolute atomic E-state index is 11.7. The second-order valence-corrected chi connectivity index (χ2v) is 4.37. The summed E-state index contributed by atoms with van der Waals surface area (Å²) in [5.74, 6) is 0.644. The number of amides is 1. The van der Waals surface area contributed by atoms with Gasteiger partial charge < -0.3 is 5.32 Å². The third-order valence-corrected chi connectivity index (χ3v) is 2.81. The third kappa shape index (κ3) is 3.63. The summed E-state index contributed by atoms with van der Waals surface area (Å²) < 4.78 is 0.807. The molecule has 0 fully saturated rings. The van der Waals surface area contributed by atoms with Crippen LogP contribution in [0.4, 0.5) is 5.82 Å². The standard InChI is InChI=1S/C11H15BrN2O/c1-3-5-8(2)11(15)14-10-9(12)6-4-7-13-10/h4,6-8H,3,5H2,1-2H3,(H,13,14,15). The van der Waals surface area contributed by atoms with Gasteiger partial charge in [-0.2, -0.15) is 0 Å². The van der Waals surface area contributed by atoms with Crippen LogP contribution < -0.4 is 5.32 Å². The first-order valence-corrected chi connectivity index (χ1v) is 5.85. The summed E-state index contributed by atoms with van der Waals surface area (Å²) in [5.41, 5.74) is 0. The van der Waals surface area contributed by atoms with Gasteiger partial charge in [-0.05, 0) is 34.5 Å². The van der Waals surface area contributed by atoms with Crippen molar-refractivity contribution in [1.82, 2.24) is 4.98 Å². The van der Waals surface area contributed by atoms with Crippen molar-refractivity contribution >= 4 is 27.7 Å². The lowest BCUT2D eigenvalue weighted by Gasteiger charge is -2.11. The molecule has 82 valence electrons. The van der Waals surface area contributed by atoms with Gasteiger partial charge in [0, 0.05) is 12.1 Å². The van der Waals surface area contributed by atoms with Gasteiger partial charge in [0.25, 0.3) is 0 Å². The molecule has 1 N–H and O–H groups in total. The van der Waals surface area contributed by atoms with Crippen molar-refractivity contribution in [2.45, 2.75) is 26.7 Å². The first-order valence-electron chi connectivity index (χ1n) is 5.06. The molecule has 0 saturated heterocycles. The number of nitrogens with zero attached hydrogens (tertiary/aromatic N) is 1. The third-order valence-electron chi connectivity index (χ3n) is 2.17. The summed E-state index contributed by atoms with van der Waals surface area (Å²) in [6.07, 6.45) is 3.57. The number of hydrogen-bond acceptors (Lipinski definition) is 2. The van der Waals surface area contributed by atoms with Crippen LogP contribution in [0.5, 0.6) is 0 Å². The molecule has 1 rings (SSSR count). The number of nitrogens with one attached hydrogen (secondary N) is 1. The molecule has 1 amide bonds. The fourth-order valence-electron chi connectivity index (χ4n) is 1.28. The topological polar surface area (TPSA) is 42.0 Å². The van der Waals surface area contributed by atoms with Crippen LogP contribution in [0.25, 0.3) is 0 Å². The molecule has 1 unspecified atom stereocenters. The van der Waals surface area contributed by atoms with E-state index in [1.54, 1.807) is 6.20 Å². The van der Waals surface area contributed by atoms with E-state index in [0.29, 0.717) is 5.82 Å². The van der Waals surface area contributed by atoms with E-state index in [9.17, 15) is 4.79 Å². The minimum atomic E-state index is 0.0243. The Morgan fingerprint density at radius 1 is 1.67 bits per heavy atom.